The SMILES string of the molecule is CCc1ccc(C(=O)N(CC(=O)O)c2cccc(Cl)c2)s1. The quantitative estimate of drug-likeness (QED) is 0.912. The molecule has 1 amide bonds. The molecule has 4 nitrogen and oxygen atoms in total. The monoisotopic (exact) mass is 323 g/mol. The molecule has 2 rings (SSSR count). The van der Waals surface area contributed by atoms with Crippen LogP contribution in [-0.2, 0) is 11.2 Å². The summed E-state index contributed by atoms with van der Waals surface area (Å²) >= 11 is 7.30. The largest absolute Gasteiger partial charge is 0.480 e. The second-order valence-corrected chi connectivity index (χ2v) is 5.99. The van der Waals surface area contributed by atoms with Crippen molar-refractivity contribution in [2.75, 3.05) is 11.4 Å². The number of carbonyl (C=O) groups excluding carboxylic acids is 1. The van der Waals surface area contributed by atoms with E-state index in [4.69, 9.17) is 16.7 Å². The summed E-state index contributed by atoms with van der Waals surface area (Å²) in [6.07, 6.45) is 0.841. The van der Waals surface area contributed by atoms with E-state index < -0.39 is 12.5 Å². The minimum atomic E-state index is -1.07. The zero-order valence-electron chi connectivity index (χ0n) is 11.4. The van der Waals surface area contributed by atoms with Crippen LogP contribution >= 0.6 is 22.9 Å². The van der Waals surface area contributed by atoms with Crippen molar-refractivity contribution in [2.24, 2.45) is 0 Å². The van der Waals surface area contributed by atoms with E-state index in [-0.39, 0.29) is 5.91 Å². The first kappa shape index (κ1) is 15.5. The molecule has 0 aliphatic carbocycles. The number of anilines is 1. The highest BCUT2D eigenvalue weighted by molar-refractivity contribution is 7.14. The van der Waals surface area contributed by atoms with Gasteiger partial charge in [-0.15, -0.1) is 11.3 Å². The maximum absolute atomic E-state index is 12.6. The van der Waals surface area contributed by atoms with E-state index in [0.717, 1.165) is 11.3 Å². The highest BCUT2D eigenvalue weighted by atomic mass is 35.5. The van der Waals surface area contributed by atoms with Crippen LogP contribution in [0.1, 0.15) is 21.5 Å². The Morgan fingerprint density at radius 1 is 1.29 bits per heavy atom. The fraction of sp³-hybridized carbons (Fsp3) is 0.200. The van der Waals surface area contributed by atoms with E-state index in [1.807, 2.05) is 13.0 Å². The van der Waals surface area contributed by atoms with Crippen molar-refractivity contribution in [3.63, 3.8) is 0 Å². The number of carboxylic acids is 1. The average molecular weight is 324 g/mol. The van der Waals surface area contributed by atoms with Gasteiger partial charge in [0, 0.05) is 15.6 Å². The Kier molecular flexibility index (Phi) is 4.98. The van der Waals surface area contributed by atoms with Crippen LogP contribution in [0.4, 0.5) is 5.69 Å². The van der Waals surface area contributed by atoms with Crippen LogP contribution < -0.4 is 4.90 Å². The lowest BCUT2D eigenvalue weighted by Crippen LogP contribution is -2.35. The first-order valence-electron chi connectivity index (χ1n) is 6.39. The van der Waals surface area contributed by atoms with Crippen LogP contribution in [0.3, 0.4) is 0 Å². The van der Waals surface area contributed by atoms with Gasteiger partial charge in [-0.3, -0.25) is 14.5 Å². The van der Waals surface area contributed by atoms with Crippen LogP contribution in [0.2, 0.25) is 5.02 Å². The van der Waals surface area contributed by atoms with Gasteiger partial charge >= 0.3 is 5.97 Å². The molecule has 0 unspecified atom stereocenters. The van der Waals surface area contributed by atoms with Crippen LogP contribution in [0.25, 0.3) is 0 Å². The lowest BCUT2D eigenvalue weighted by Gasteiger charge is -2.20. The summed E-state index contributed by atoms with van der Waals surface area (Å²) in [4.78, 5) is 26.4. The predicted molar refractivity (Wildman–Crippen MR) is 84.5 cm³/mol. The maximum atomic E-state index is 12.6. The average Bonchev–Trinajstić information content (AvgIpc) is 2.92. The molecule has 0 spiro atoms. The highest BCUT2D eigenvalue weighted by Gasteiger charge is 2.22. The molecule has 0 radical (unpaired) electrons. The van der Waals surface area contributed by atoms with Crippen LogP contribution in [0.5, 0.6) is 0 Å². The van der Waals surface area contributed by atoms with Gasteiger partial charge in [0.25, 0.3) is 5.91 Å². The van der Waals surface area contributed by atoms with Crippen molar-refractivity contribution in [3.05, 3.63) is 51.2 Å². The Bertz CT molecular complexity index is 668. The highest BCUT2D eigenvalue weighted by Crippen LogP contribution is 2.24. The summed E-state index contributed by atoms with van der Waals surface area (Å²) in [5.74, 6) is -1.40. The molecule has 0 bridgehead atoms. The normalized spacial score (nSPS) is 10.4. The van der Waals surface area contributed by atoms with Crippen molar-refractivity contribution in [3.8, 4) is 0 Å². The Labute approximate surface area is 131 Å². The Morgan fingerprint density at radius 2 is 2.05 bits per heavy atom. The third kappa shape index (κ3) is 3.83. The summed E-state index contributed by atoms with van der Waals surface area (Å²) in [6, 6.07) is 10.2. The summed E-state index contributed by atoms with van der Waals surface area (Å²) in [7, 11) is 0. The molecule has 1 aromatic heterocycles. The van der Waals surface area contributed by atoms with E-state index in [1.54, 1.807) is 30.3 Å². The van der Waals surface area contributed by atoms with Gasteiger partial charge in [-0.1, -0.05) is 24.6 Å². The van der Waals surface area contributed by atoms with Gasteiger partial charge in [-0.05, 0) is 36.8 Å². The zero-order valence-corrected chi connectivity index (χ0v) is 12.9. The fourth-order valence-electron chi connectivity index (χ4n) is 1.88. The topological polar surface area (TPSA) is 57.6 Å². The molecule has 1 N–H and O–H groups in total. The summed E-state index contributed by atoms with van der Waals surface area (Å²) in [6.45, 7) is 1.60. The number of hydrogen-bond acceptors (Lipinski definition) is 3. The van der Waals surface area contributed by atoms with Gasteiger partial charge in [0.1, 0.15) is 6.54 Å². The summed E-state index contributed by atoms with van der Waals surface area (Å²) < 4.78 is 0. The number of thiophene rings is 1. The van der Waals surface area contributed by atoms with E-state index in [2.05, 4.69) is 0 Å². The summed E-state index contributed by atoms with van der Waals surface area (Å²) in [5, 5.41) is 9.49. The van der Waals surface area contributed by atoms with Gasteiger partial charge < -0.3 is 5.11 Å². The molecule has 0 fully saturated rings. The number of aryl methyl sites for hydroxylation is 1. The zero-order chi connectivity index (χ0) is 15.4. The molecule has 110 valence electrons. The lowest BCUT2D eigenvalue weighted by atomic mass is 10.2. The third-order valence-corrected chi connectivity index (χ3v) is 4.33. The number of rotatable bonds is 5. The molecular weight excluding hydrogens is 310 g/mol. The lowest BCUT2D eigenvalue weighted by molar-refractivity contribution is -0.135. The predicted octanol–water partition coefficient (Wildman–Crippen LogP) is 3.70. The number of amides is 1. The Morgan fingerprint density at radius 3 is 2.62 bits per heavy atom. The Hall–Kier alpha value is -1.85. The number of carbonyl (C=O) groups is 2. The number of hydrogen-bond donors (Lipinski definition) is 1. The molecule has 0 aliphatic rings. The van der Waals surface area contributed by atoms with E-state index in [0.29, 0.717) is 15.6 Å². The number of aliphatic carboxylic acids is 1. The van der Waals surface area contributed by atoms with Gasteiger partial charge in [0.15, 0.2) is 0 Å². The fourth-order valence-corrected chi connectivity index (χ4v) is 2.96. The number of carboxylic acid groups (broad SMARTS) is 1. The first-order valence-corrected chi connectivity index (χ1v) is 7.58. The van der Waals surface area contributed by atoms with Crippen molar-refractivity contribution >= 4 is 40.5 Å². The summed E-state index contributed by atoms with van der Waals surface area (Å²) in [5.41, 5.74) is 0.473. The number of halogens is 1. The van der Waals surface area contributed by atoms with E-state index in [9.17, 15) is 9.59 Å². The van der Waals surface area contributed by atoms with Gasteiger partial charge in [0.05, 0.1) is 4.88 Å². The standard InChI is InChI=1S/C15H14ClNO3S/c1-2-12-6-7-13(21-12)15(20)17(9-14(18)19)11-5-3-4-10(16)8-11/h3-8H,2,9H2,1H3,(H,18,19). The molecule has 1 aromatic carbocycles. The van der Waals surface area contributed by atoms with Crippen LogP contribution in [0.15, 0.2) is 36.4 Å². The molecular formula is C15H14ClNO3S. The van der Waals surface area contributed by atoms with Crippen molar-refractivity contribution in [2.45, 2.75) is 13.3 Å². The molecule has 1 heterocycles. The van der Waals surface area contributed by atoms with E-state index >= 15 is 0 Å². The first-order chi connectivity index (χ1) is 10.0. The second-order valence-electron chi connectivity index (χ2n) is 4.38. The maximum Gasteiger partial charge on any atom is 0.323 e. The van der Waals surface area contributed by atoms with Crippen molar-refractivity contribution < 1.29 is 14.7 Å². The number of benzene rings is 1. The third-order valence-electron chi connectivity index (χ3n) is 2.88. The molecule has 2 aromatic rings. The van der Waals surface area contributed by atoms with Crippen LogP contribution in [-0.4, -0.2) is 23.5 Å². The van der Waals surface area contributed by atoms with Crippen molar-refractivity contribution in [1.29, 1.82) is 0 Å². The van der Waals surface area contributed by atoms with Crippen LogP contribution in [0, 0.1) is 0 Å². The second kappa shape index (κ2) is 6.74. The van der Waals surface area contributed by atoms with Gasteiger partial charge in [-0.2, -0.15) is 0 Å². The molecule has 0 atom stereocenters. The smallest absolute Gasteiger partial charge is 0.323 e. The van der Waals surface area contributed by atoms with Gasteiger partial charge in [0.2, 0.25) is 0 Å². The molecule has 6 heteroatoms. The van der Waals surface area contributed by atoms with E-state index in [1.165, 1.54) is 16.2 Å². The molecule has 0 aliphatic heterocycles. The minimum absolute atomic E-state index is 0.329. The molecule has 0 saturated heterocycles. The number of nitrogens with zero attached hydrogens (tertiary/aromatic N) is 1. The molecule has 0 saturated carbocycles. The molecule has 21 heavy (non-hydrogen) atoms. The van der Waals surface area contributed by atoms with Crippen molar-refractivity contribution in [1.82, 2.24) is 0 Å². The Balaban J connectivity index is 2.35. The minimum Gasteiger partial charge on any atom is -0.480 e. The van der Waals surface area contributed by atoms with Gasteiger partial charge in [-0.25, -0.2) is 0 Å².